The number of benzene rings is 2. The van der Waals surface area contributed by atoms with Crippen molar-refractivity contribution >= 4 is 17.6 Å². The molecule has 7 nitrogen and oxygen atoms in total. The molecule has 3 rings (SSSR count). The Morgan fingerprint density at radius 1 is 1.19 bits per heavy atom. The summed E-state index contributed by atoms with van der Waals surface area (Å²) < 4.78 is 10.5. The summed E-state index contributed by atoms with van der Waals surface area (Å²) in [4.78, 5) is 10.2. The van der Waals surface area contributed by atoms with Crippen LogP contribution >= 0.6 is 0 Å². The van der Waals surface area contributed by atoms with Crippen LogP contribution in [0.4, 0.5) is 11.4 Å². The van der Waals surface area contributed by atoms with E-state index < -0.39 is 4.92 Å². The predicted octanol–water partition coefficient (Wildman–Crippen LogP) is 2.77. The smallest absolute Gasteiger partial charge is 0.271 e. The first kappa shape index (κ1) is 12.9. The lowest BCUT2D eigenvalue weighted by Crippen LogP contribution is -1.93. The molecule has 1 aliphatic rings. The third-order valence-corrected chi connectivity index (χ3v) is 2.86. The fourth-order valence-corrected chi connectivity index (χ4v) is 1.86. The van der Waals surface area contributed by atoms with E-state index in [1.54, 1.807) is 30.5 Å². The van der Waals surface area contributed by atoms with Crippen molar-refractivity contribution < 1.29 is 14.4 Å². The highest BCUT2D eigenvalue weighted by molar-refractivity contribution is 5.81. The molecule has 0 unspecified atom stereocenters. The summed E-state index contributed by atoms with van der Waals surface area (Å²) in [6.45, 7) is 0.224. The van der Waals surface area contributed by atoms with Gasteiger partial charge >= 0.3 is 0 Å². The highest BCUT2D eigenvalue weighted by Gasteiger charge is 2.12. The zero-order chi connectivity index (χ0) is 14.7. The van der Waals surface area contributed by atoms with E-state index in [1.165, 1.54) is 12.1 Å². The van der Waals surface area contributed by atoms with Crippen LogP contribution in [0.5, 0.6) is 11.5 Å². The van der Waals surface area contributed by atoms with Gasteiger partial charge in [0.2, 0.25) is 6.79 Å². The van der Waals surface area contributed by atoms with Gasteiger partial charge in [-0.05, 0) is 29.8 Å². The molecule has 0 saturated carbocycles. The van der Waals surface area contributed by atoms with Crippen molar-refractivity contribution in [2.24, 2.45) is 5.10 Å². The normalized spacial score (nSPS) is 12.6. The van der Waals surface area contributed by atoms with Gasteiger partial charge in [0.15, 0.2) is 11.5 Å². The third-order valence-electron chi connectivity index (χ3n) is 2.86. The Labute approximate surface area is 120 Å². The van der Waals surface area contributed by atoms with Gasteiger partial charge in [0, 0.05) is 12.1 Å². The summed E-state index contributed by atoms with van der Waals surface area (Å²) in [5.41, 5.74) is 4.13. The number of non-ortho nitro benzene ring substituents is 1. The first-order chi connectivity index (χ1) is 10.2. The standard InChI is InChI=1S/C14H11N3O4/c18-17(19)12-3-1-2-11(7-12)16-15-8-10-4-5-13-14(6-10)21-9-20-13/h1-8,16H,9H2/b15-8-. The number of nitro benzene ring substituents is 1. The Morgan fingerprint density at radius 2 is 2.05 bits per heavy atom. The van der Waals surface area contributed by atoms with Crippen LogP contribution in [0.15, 0.2) is 47.6 Å². The molecule has 0 fully saturated rings. The summed E-state index contributed by atoms with van der Waals surface area (Å²) in [5, 5.41) is 14.7. The quantitative estimate of drug-likeness (QED) is 0.530. The average Bonchev–Trinajstić information content (AvgIpc) is 2.95. The summed E-state index contributed by atoms with van der Waals surface area (Å²) in [6.07, 6.45) is 1.60. The lowest BCUT2D eigenvalue weighted by molar-refractivity contribution is -0.384. The number of anilines is 1. The largest absolute Gasteiger partial charge is 0.454 e. The number of nitrogens with one attached hydrogen (secondary N) is 1. The molecule has 0 bridgehead atoms. The highest BCUT2D eigenvalue weighted by Crippen LogP contribution is 2.32. The Hall–Kier alpha value is -3.09. The van der Waals surface area contributed by atoms with Crippen molar-refractivity contribution in [1.29, 1.82) is 0 Å². The molecule has 2 aromatic rings. The first-order valence-corrected chi connectivity index (χ1v) is 6.15. The molecule has 21 heavy (non-hydrogen) atoms. The number of hydrogen-bond donors (Lipinski definition) is 1. The van der Waals surface area contributed by atoms with E-state index in [0.29, 0.717) is 17.2 Å². The molecule has 0 spiro atoms. The fourth-order valence-electron chi connectivity index (χ4n) is 1.86. The molecule has 1 heterocycles. The van der Waals surface area contributed by atoms with E-state index >= 15 is 0 Å². The molecule has 106 valence electrons. The van der Waals surface area contributed by atoms with Gasteiger partial charge in [-0.25, -0.2) is 0 Å². The molecule has 1 N–H and O–H groups in total. The maximum absolute atomic E-state index is 10.7. The molecule has 0 aliphatic carbocycles. The van der Waals surface area contributed by atoms with Gasteiger partial charge in [0.25, 0.3) is 5.69 Å². The molecular formula is C14H11N3O4. The first-order valence-electron chi connectivity index (χ1n) is 6.15. The molecule has 2 aromatic carbocycles. The molecule has 0 atom stereocenters. The zero-order valence-electron chi connectivity index (χ0n) is 10.9. The van der Waals surface area contributed by atoms with Crippen LogP contribution in [0.1, 0.15) is 5.56 Å². The van der Waals surface area contributed by atoms with Crippen molar-refractivity contribution in [2.45, 2.75) is 0 Å². The lowest BCUT2D eigenvalue weighted by Gasteiger charge is -2.00. The van der Waals surface area contributed by atoms with Crippen LogP contribution in [-0.4, -0.2) is 17.9 Å². The van der Waals surface area contributed by atoms with Gasteiger partial charge < -0.3 is 9.47 Å². The molecule has 0 aromatic heterocycles. The minimum Gasteiger partial charge on any atom is -0.454 e. The molecule has 0 amide bonds. The van der Waals surface area contributed by atoms with E-state index in [-0.39, 0.29) is 12.5 Å². The summed E-state index contributed by atoms with van der Waals surface area (Å²) in [5.74, 6) is 1.38. The maximum Gasteiger partial charge on any atom is 0.271 e. The minimum atomic E-state index is -0.452. The minimum absolute atomic E-state index is 0.0123. The summed E-state index contributed by atoms with van der Waals surface area (Å²) in [6, 6.07) is 11.6. The number of ether oxygens (including phenoxy) is 2. The van der Waals surface area contributed by atoms with E-state index in [2.05, 4.69) is 10.5 Å². The molecular weight excluding hydrogens is 274 g/mol. The van der Waals surface area contributed by atoms with Gasteiger partial charge in [-0.2, -0.15) is 5.10 Å². The zero-order valence-corrected chi connectivity index (χ0v) is 10.9. The highest BCUT2D eigenvalue weighted by atomic mass is 16.7. The van der Waals surface area contributed by atoms with Gasteiger partial charge in [0.05, 0.1) is 16.8 Å². The van der Waals surface area contributed by atoms with E-state index in [9.17, 15) is 10.1 Å². The Morgan fingerprint density at radius 3 is 2.90 bits per heavy atom. The Kier molecular flexibility index (Phi) is 3.38. The van der Waals surface area contributed by atoms with Crippen LogP contribution in [0, 0.1) is 10.1 Å². The Balaban J connectivity index is 1.69. The maximum atomic E-state index is 10.7. The van der Waals surface area contributed by atoms with Crippen molar-refractivity contribution in [3.8, 4) is 11.5 Å². The average molecular weight is 285 g/mol. The van der Waals surface area contributed by atoms with Crippen LogP contribution in [0.3, 0.4) is 0 Å². The second kappa shape index (κ2) is 5.49. The SMILES string of the molecule is O=[N+]([O-])c1cccc(N/N=C\c2ccc3c(c2)OCO3)c1. The van der Waals surface area contributed by atoms with Crippen molar-refractivity contribution in [1.82, 2.24) is 0 Å². The number of nitro groups is 1. The van der Waals surface area contributed by atoms with E-state index in [4.69, 9.17) is 9.47 Å². The topological polar surface area (TPSA) is 86.0 Å². The van der Waals surface area contributed by atoms with Crippen molar-refractivity contribution in [3.63, 3.8) is 0 Å². The van der Waals surface area contributed by atoms with E-state index in [0.717, 1.165) is 5.56 Å². The Bertz CT molecular complexity index is 715. The lowest BCUT2D eigenvalue weighted by atomic mass is 10.2. The van der Waals surface area contributed by atoms with E-state index in [1.807, 2.05) is 6.07 Å². The van der Waals surface area contributed by atoms with Crippen LogP contribution in [-0.2, 0) is 0 Å². The van der Waals surface area contributed by atoms with Gasteiger partial charge in [-0.1, -0.05) is 6.07 Å². The van der Waals surface area contributed by atoms with Gasteiger partial charge in [-0.3, -0.25) is 15.5 Å². The van der Waals surface area contributed by atoms with Crippen LogP contribution in [0.25, 0.3) is 0 Å². The summed E-state index contributed by atoms with van der Waals surface area (Å²) in [7, 11) is 0. The second-order valence-electron chi connectivity index (χ2n) is 4.29. The number of hydrogen-bond acceptors (Lipinski definition) is 6. The van der Waals surface area contributed by atoms with Gasteiger partial charge in [-0.15, -0.1) is 0 Å². The monoisotopic (exact) mass is 285 g/mol. The number of fused-ring (bicyclic) bond motifs is 1. The number of rotatable bonds is 4. The van der Waals surface area contributed by atoms with Gasteiger partial charge in [0.1, 0.15) is 0 Å². The molecule has 0 saturated heterocycles. The second-order valence-corrected chi connectivity index (χ2v) is 4.29. The number of nitrogens with zero attached hydrogens (tertiary/aromatic N) is 2. The molecule has 0 radical (unpaired) electrons. The van der Waals surface area contributed by atoms with Crippen LogP contribution in [0.2, 0.25) is 0 Å². The van der Waals surface area contributed by atoms with Crippen LogP contribution < -0.4 is 14.9 Å². The number of hydrazone groups is 1. The van der Waals surface area contributed by atoms with Crippen molar-refractivity contribution in [2.75, 3.05) is 12.2 Å². The predicted molar refractivity (Wildman–Crippen MR) is 76.9 cm³/mol. The summed E-state index contributed by atoms with van der Waals surface area (Å²) >= 11 is 0. The van der Waals surface area contributed by atoms with Crippen molar-refractivity contribution in [3.05, 3.63) is 58.1 Å². The molecule has 7 heteroatoms. The molecule has 1 aliphatic heterocycles. The third kappa shape index (κ3) is 2.92. The fraction of sp³-hybridized carbons (Fsp3) is 0.0714.